The quantitative estimate of drug-likeness (QED) is 0.0347. The molecule has 0 aliphatic carbocycles. The van der Waals surface area contributed by atoms with E-state index < -0.39 is 24.2 Å². The van der Waals surface area contributed by atoms with E-state index in [0.29, 0.717) is 46.9 Å². The van der Waals surface area contributed by atoms with Gasteiger partial charge in [0, 0.05) is 115 Å². The topological polar surface area (TPSA) is 243 Å². The first-order valence-electron chi connectivity index (χ1n) is 31.0. The number of hydrogen-bond acceptors (Lipinski definition) is 10. The maximum Gasteiger partial charge on any atom is 0.256 e. The van der Waals surface area contributed by atoms with Gasteiger partial charge in [-0.2, -0.15) is 0 Å². The number of likely N-dealkylation sites (N-methyl/N-ethyl adjacent to an activating group) is 2. The Labute approximate surface area is 545 Å². The van der Waals surface area contributed by atoms with Gasteiger partial charge in [-0.05, 0) is 161 Å². The Morgan fingerprint density at radius 1 is 0.714 bits per heavy atom. The average molecular weight is 1360 g/mol. The second kappa shape index (κ2) is 24.8. The smallest absolute Gasteiger partial charge is 0.256 e. The fraction of sp³-hybridized carbons (Fsp3) is 0.329. The summed E-state index contributed by atoms with van der Waals surface area (Å²) in [4.78, 5) is 74.6. The standard InChI is InChI=1S/C26H21N3O4.C22H27ClN4O2.C22H27IN4O2/c1-25-26(32,12-30)10-18(33-25)28-16-8-4-2-6-13(16)20-21-15(11-27-24(21)31)19-14-7-3-5-9-17(14)29(25)23(19)22(20)28;2*1-5-27(6-2)10-9-24-22(29)20-13(3)19(25-14(20)4)12-17-16-11-15(23)7-8-18(16)26-21(17)28/h2-9,18,30,32H,10-12H2,1H3,(H,27,31);2*7-8,11-12,25H,5-6,9-10H2,1-4H3,(H,24,29)(H,26,28)/t18-,25+,26+;;/m0../s1. The summed E-state index contributed by atoms with van der Waals surface area (Å²) in [5, 5.41) is 41.4. The summed E-state index contributed by atoms with van der Waals surface area (Å²) in [6, 6.07) is 27.3. The molecule has 14 rings (SSSR count). The van der Waals surface area contributed by atoms with Crippen molar-refractivity contribution in [1.29, 1.82) is 0 Å². The number of carbonyl (C=O) groups is 5. The molecule has 9 aromatic rings. The van der Waals surface area contributed by atoms with Gasteiger partial charge in [0.2, 0.25) is 0 Å². The van der Waals surface area contributed by atoms with Gasteiger partial charge in [0.1, 0.15) is 11.8 Å². The van der Waals surface area contributed by atoms with E-state index in [9.17, 15) is 34.2 Å². The number of hydrogen-bond donors (Lipinski definition) is 9. The zero-order valence-corrected chi connectivity index (χ0v) is 55.4. The van der Waals surface area contributed by atoms with Crippen molar-refractivity contribution in [2.24, 2.45) is 0 Å². The molecule has 3 atom stereocenters. The van der Waals surface area contributed by atoms with Gasteiger partial charge in [-0.3, -0.25) is 24.0 Å². The molecule has 1 fully saturated rings. The van der Waals surface area contributed by atoms with Gasteiger partial charge in [0.05, 0.1) is 56.5 Å². The molecule has 19 nitrogen and oxygen atoms in total. The molecule has 0 unspecified atom stereocenters. The van der Waals surface area contributed by atoms with Crippen LogP contribution in [0.1, 0.15) is 129 Å². The predicted octanol–water partition coefficient (Wildman–Crippen LogP) is 11.1. The summed E-state index contributed by atoms with van der Waals surface area (Å²) in [5.74, 6) is -0.552. The van der Waals surface area contributed by atoms with Gasteiger partial charge in [0.15, 0.2) is 5.72 Å². The highest BCUT2D eigenvalue weighted by atomic mass is 127. The number of amides is 5. The number of aromatic amines is 2. The molecule has 5 aromatic carbocycles. The van der Waals surface area contributed by atoms with Crippen LogP contribution in [0.25, 0.3) is 66.9 Å². The zero-order valence-electron chi connectivity index (χ0n) is 52.5. The Morgan fingerprint density at radius 3 is 1.78 bits per heavy atom. The van der Waals surface area contributed by atoms with E-state index in [2.05, 4.69) is 112 Å². The lowest BCUT2D eigenvalue weighted by atomic mass is 9.89. The van der Waals surface area contributed by atoms with Crippen molar-refractivity contribution in [3.63, 3.8) is 0 Å². The minimum absolute atomic E-state index is 0.0555. The Hall–Kier alpha value is -8.09. The van der Waals surface area contributed by atoms with Crippen LogP contribution in [-0.4, -0.2) is 133 Å². The Bertz CT molecular complexity index is 4410. The average Bonchev–Trinajstić information content (AvgIpc) is 1.49. The normalized spacial score (nSPS) is 19.3. The van der Waals surface area contributed by atoms with Gasteiger partial charge < -0.3 is 70.4 Å². The Kier molecular flexibility index (Phi) is 17.2. The highest BCUT2D eigenvalue weighted by Crippen LogP contribution is 2.57. The minimum atomic E-state index is -1.48. The van der Waals surface area contributed by atoms with Crippen LogP contribution in [0.5, 0.6) is 0 Å². The van der Waals surface area contributed by atoms with Gasteiger partial charge in [-0.1, -0.05) is 75.7 Å². The molecule has 91 heavy (non-hydrogen) atoms. The van der Waals surface area contributed by atoms with Crippen molar-refractivity contribution >= 4 is 142 Å². The third-order valence-corrected chi connectivity index (χ3v) is 19.9. The van der Waals surface area contributed by atoms with Crippen molar-refractivity contribution < 1.29 is 38.9 Å². The van der Waals surface area contributed by atoms with Crippen LogP contribution in [0.2, 0.25) is 5.02 Å². The molecule has 5 aliphatic heterocycles. The fourth-order valence-electron chi connectivity index (χ4n) is 14.1. The minimum Gasteiger partial charge on any atom is -0.393 e. The summed E-state index contributed by atoms with van der Waals surface area (Å²) in [5.41, 5.74) is 13.2. The summed E-state index contributed by atoms with van der Waals surface area (Å²) >= 11 is 8.34. The molecule has 2 bridgehead atoms. The molecular weight excluding hydrogens is 1290 g/mol. The third-order valence-electron chi connectivity index (χ3n) is 19.0. The fourth-order valence-corrected chi connectivity index (χ4v) is 14.7. The van der Waals surface area contributed by atoms with Gasteiger partial charge >= 0.3 is 0 Å². The van der Waals surface area contributed by atoms with Crippen LogP contribution in [0.3, 0.4) is 0 Å². The lowest BCUT2D eigenvalue weighted by molar-refractivity contribution is -0.189. The summed E-state index contributed by atoms with van der Waals surface area (Å²) in [6.45, 7) is 24.6. The number of H-pyrrole nitrogens is 2. The number of halogens is 2. The molecule has 5 aliphatic rings. The maximum atomic E-state index is 13.2. The second-order valence-electron chi connectivity index (χ2n) is 24.0. The summed E-state index contributed by atoms with van der Waals surface area (Å²) in [6.07, 6.45) is 3.38. The number of para-hydroxylation sites is 2. The van der Waals surface area contributed by atoms with Crippen molar-refractivity contribution in [1.82, 2.24) is 44.9 Å². The Morgan fingerprint density at radius 2 is 1.23 bits per heavy atom. The largest absolute Gasteiger partial charge is 0.393 e. The van der Waals surface area contributed by atoms with E-state index in [0.717, 1.165) is 154 Å². The van der Waals surface area contributed by atoms with Crippen LogP contribution in [0.4, 0.5) is 11.4 Å². The number of nitrogens with one attached hydrogen (secondary N) is 7. The van der Waals surface area contributed by atoms with Crippen molar-refractivity contribution in [3.8, 4) is 0 Å². The highest BCUT2D eigenvalue weighted by Gasteiger charge is 2.61. The maximum absolute atomic E-state index is 13.2. The number of aryl methyl sites for hydroxylation is 2. The number of aliphatic hydroxyl groups excluding tert-OH is 1. The number of benzene rings is 5. The lowest BCUT2D eigenvalue weighted by Crippen LogP contribution is -2.53. The second-order valence-corrected chi connectivity index (χ2v) is 25.7. The molecule has 5 amide bonds. The van der Waals surface area contributed by atoms with Crippen LogP contribution in [0, 0.1) is 31.3 Å². The number of aliphatic hydroxyl groups is 2. The molecule has 9 N–H and O–H groups in total. The van der Waals surface area contributed by atoms with Crippen molar-refractivity contribution in [3.05, 3.63) is 161 Å². The van der Waals surface area contributed by atoms with Crippen LogP contribution < -0.4 is 26.6 Å². The number of carbonyl (C=O) groups excluding carboxylic acids is 5. The third kappa shape index (κ3) is 10.7. The number of fused-ring (bicyclic) bond motifs is 15. The first-order chi connectivity index (χ1) is 43.7. The number of rotatable bonds is 15. The number of nitrogens with zero attached hydrogens (tertiary/aromatic N) is 4. The van der Waals surface area contributed by atoms with E-state index in [1.54, 1.807) is 24.3 Å². The molecular formula is C70H75ClIN11O8. The van der Waals surface area contributed by atoms with Crippen LogP contribution in [0.15, 0.2) is 84.9 Å². The first-order valence-corrected chi connectivity index (χ1v) is 32.5. The Balaban J connectivity index is 0.000000133. The van der Waals surface area contributed by atoms with Crippen LogP contribution in [-0.2, 0) is 26.6 Å². The van der Waals surface area contributed by atoms with Crippen molar-refractivity contribution in [2.75, 3.05) is 69.6 Å². The molecule has 4 aromatic heterocycles. The van der Waals surface area contributed by atoms with E-state index in [-0.39, 0.29) is 36.0 Å². The van der Waals surface area contributed by atoms with Gasteiger partial charge in [-0.25, -0.2) is 0 Å². The molecule has 21 heteroatoms. The SMILES string of the molecule is CCN(CC)CCNC(=O)c1c(C)[nH]c(C=C2C(=O)Nc3ccc(Cl)cc32)c1C.CCN(CC)CCNC(=O)c1c(C)[nH]c(C=C2C(=O)Nc3ccc(I)cc32)c1C.C[C@@]12O[C@@H](C[C@@]1(O)CO)n1c3ccccc3c3c4c(c5c6ccccc6n2c5c31)CNC4=O. The molecule has 0 radical (unpaired) electrons. The molecule has 9 heterocycles. The van der Waals surface area contributed by atoms with Crippen LogP contribution >= 0.6 is 34.2 Å². The van der Waals surface area contributed by atoms with E-state index in [4.69, 9.17) is 16.3 Å². The summed E-state index contributed by atoms with van der Waals surface area (Å²) < 4.78 is 12.0. The number of anilines is 2. The van der Waals surface area contributed by atoms with E-state index in [1.165, 1.54) is 0 Å². The van der Waals surface area contributed by atoms with Gasteiger partial charge in [0.25, 0.3) is 29.5 Å². The van der Waals surface area contributed by atoms with E-state index >= 15 is 0 Å². The van der Waals surface area contributed by atoms with Crippen molar-refractivity contribution in [2.45, 2.75) is 92.8 Å². The first kappa shape index (κ1) is 63.1. The van der Waals surface area contributed by atoms with Gasteiger partial charge in [-0.15, -0.1) is 0 Å². The van der Waals surface area contributed by atoms with E-state index in [1.807, 2.05) is 101 Å². The highest BCUT2D eigenvalue weighted by molar-refractivity contribution is 14.1. The number of ether oxygens (including phenoxy) is 1. The molecule has 0 saturated carbocycles. The zero-order chi connectivity index (χ0) is 64.5. The lowest BCUT2D eigenvalue weighted by Gasteiger charge is -2.38. The molecule has 1 saturated heterocycles. The summed E-state index contributed by atoms with van der Waals surface area (Å²) in [7, 11) is 0. The number of aromatic nitrogens is 4. The molecule has 0 spiro atoms. The molecule has 472 valence electrons. The monoisotopic (exact) mass is 1360 g/mol. The predicted molar refractivity (Wildman–Crippen MR) is 368 cm³/mol.